The van der Waals surface area contributed by atoms with Gasteiger partial charge in [-0.05, 0) is 76.8 Å². The molecule has 2 rings (SSSR count). The van der Waals surface area contributed by atoms with Crippen molar-refractivity contribution in [3.8, 4) is 0 Å². The van der Waals surface area contributed by atoms with Crippen LogP contribution in [0.3, 0.4) is 0 Å². The summed E-state index contributed by atoms with van der Waals surface area (Å²) in [5.74, 6) is -0.558. The summed E-state index contributed by atoms with van der Waals surface area (Å²) in [6.45, 7) is 4.74. The van der Waals surface area contributed by atoms with Gasteiger partial charge >= 0.3 is 0 Å². The maximum atomic E-state index is 13.7. The number of aryl methyl sites for hydroxylation is 1. The standard InChI is InChI=1S/C17H18BrF2N/c1-3-6-21-17(12-4-5-16(20)15(18)10-12)13-7-11(2)8-14(19)9-13/h4-5,7-10,17,21H,3,6H2,1-2H3. The first-order valence-electron chi connectivity index (χ1n) is 6.96. The van der Waals surface area contributed by atoms with Crippen LogP contribution < -0.4 is 5.32 Å². The van der Waals surface area contributed by atoms with Gasteiger partial charge in [-0.15, -0.1) is 0 Å². The molecule has 112 valence electrons. The smallest absolute Gasteiger partial charge is 0.137 e. The molecule has 21 heavy (non-hydrogen) atoms. The van der Waals surface area contributed by atoms with E-state index in [9.17, 15) is 8.78 Å². The second-order valence-corrected chi connectivity index (χ2v) is 5.98. The highest BCUT2D eigenvalue weighted by molar-refractivity contribution is 9.10. The van der Waals surface area contributed by atoms with Crippen molar-refractivity contribution in [3.63, 3.8) is 0 Å². The highest BCUT2D eigenvalue weighted by atomic mass is 79.9. The van der Waals surface area contributed by atoms with E-state index < -0.39 is 0 Å². The van der Waals surface area contributed by atoms with Crippen LogP contribution in [0.4, 0.5) is 8.78 Å². The summed E-state index contributed by atoms with van der Waals surface area (Å²) in [4.78, 5) is 0. The van der Waals surface area contributed by atoms with Gasteiger partial charge in [0.2, 0.25) is 0 Å². The van der Waals surface area contributed by atoms with E-state index >= 15 is 0 Å². The van der Waals surface area contributed by atoms with Crippen molar-refractivity contribution >= 4 is 15.9 Å². The summed E-state index contributed by atoms with van der Waals surface area (Å²) >= 11 is 3.21. The lowest BCUT2D eigenvalue weighted by molar-refractivity contribution is 0.580. The van der Waals surface area contributed by atoms with Crippen LogP contribution in [0.2, 0.25) is 0 Å². The van der Waals surface area contributed by atoms with Crippen LogP contribution in [0.15, 0.2) is 40.9 Å². The van der Waals surface area contributed by atoms with E-state index in [0.717, 1.165) is 29.7 Å². The Hall–Kier alpha value is -1.26. The summed E-state index contributed by atoms with van der Waals surface area (Å²) in [5, 5.41) is 3.39. The van der Waals surface area contributed by atoms with Gasteiger partial charge in [-0.3, -0.25) is 0 Å². The van der Waals surface area contributed by atoms with Crippen LogP contribution in [0.5, 0.6) is 0 Å². The van der Waals surface area contributed by atoms with Gasteiger partial charge < -0.3 is 5.32 Å². The topological polar surface area (TPSA) is 12.0 Å². The number of hydrogen-bond acceptors (Lipinski definition) is 1. The van der Waals surface area contributed by atoms with Gasteiger partial charge in [-0.25, -0.2) is 8.78 Å². The third-order valence-electron chi connectivity index (χ3n) is 3.27. The molecule has 1 unspecified atom stereocenters. The molecule has 0 bridgehead atoms. The Kier molecular flexibility index (Phi) is 5.48. The van der Waals surface area contributed by atoms with E-state index in [0.29, 0.717) is 4.47 Å². The van der Waals surface area contributed by atoms with Gasteiger partial charge in [-0.2, -0.15) is 0 Å². The molecule has 0 radical (unpaired) electrons. The van der Waals surface area contributed by atoms with Crippen LogP contribution in [0, 0.1) is 18.6 Å². The molecular formula is C17H18BrF2N. The van der Waals surface area contributed by atoms with Gasteiger partial charge in [0.25, 0.3) is 0 Å². The first kappa shape index (κ1) is 16.1. The second kappa shape index (κ2) is 7.14. The molecule has 0 amide bonds. The molecule has 1 atom stereocenters. The van der Waals surface area contributed by atoms with Gasteiger partial charge in [-0.1, -0.05) is 19.1 Å². The highest BCUT2D eigenvalue weighted by Crippen LogP contribution is 2.27. The van der Waals surface area contributed by atoms with Gasteiger partial charge in [0, 0.05) is 0 Å². The average Bonchev–Trinajstić information content (AvgIpc) is 2.42. The summed E-state index contributed by atoms with van der Waals surface area (Å²) in [7, 11) is 0. The number of halogens is 3. The zero-order valence-corrected chi connectivity index (χ0v) is 13.7. The fraction of sp³-hybridized carbons (Fsp3) is 0.294. The summed E-state index contributed by atoms with van der Waals surface area (Å²) in [6.07, 6.45) is 0.965. The Morgan fingerprint density at radius 1 is 1.10 bits per heavy atom. The van der Waals surface area contributed by atoms with E-state index in [1.54, 1.807) is 12.1 Å². The first-order chi connectivity index (χ1) is 10.0. The Labute approximate surface area is 132 Å². The molecule has 0 aliphatic heterocycles. The molecule has 0 aliphatic carbocycles. The Morgan fingerprint density at radius 2 is 1.86 bits per heavy atom. The summed E-state index contributed by atoms with van der Waals surface area (Å²) in [6, 6.07) is 9.71. The minimum atomic E-state index is -0.302. The Balaban J connectivity index is 2.43. The van der Waals surface area contributed by atoms with E-state index in [-0.39, 0.29) is 17.7 Å². The molecule has 0 spiro atoms. The molecule has 0 aromatic heterocycles. The van der Waals surface area contributed by atoms with Gasteiger partial charge in [0.05, 0.1) is 10.5 Å². The lowest BCUT2D eigenvalue weighted by Crippen LogP contribution is -2.23. The highest BCUT2D eigenvalue weighted by Gasteiger charge is 2.16. The van der Waals surface area contributed by atoms with Crippen LogP contribution in [0.1, 0.15) is 36.1 Å². The maximum absolute atomic E-state index is 13.7. The number of hydrogen-bond donors (Lipinski definition) is 1. The van der Waals surface area contributed by atoms with Crippen molar-refractivity contribution in [1.82, 2.24) is 5.32 Å². The minimum Gasteiger partial charge on any atom is -0.306 e. The van der Waals surface area contributed by atoms with Crippen LogP contribution >= 0.6 is 15.9 Å². The molecule has 0 heterocycles. The maximum Gasteiger partial charge on any atom is 0.137 e. The molecule has 0 saturated carbocycles. The molecule has 1 N–H and O–H groups in total. The Morgan fingerprint density at radius 3 is 2.48 bits per heavy atom. The normalized spacial score (nSPS) is 12.4. The fourth-order valence-corrected chi connectivity index (χ4v) is 2.74. The summed E-state index contributed by atoms with van der Waals surface area (Å²) in [5.41, 5.74) is 2.62. The van der Waals surface area contributed by atoms with Gasteiger partial charge in [0.1, 0.15) is 11.6 Å². The van der Waals surface area contributed by atoms with Crippen LogP contribution in [-0.2, 0) is 0 Å². The van der Waals surface area contributed by atoms with E-state index in [4.69, 9.17) is 0 Å². The molecule has 0 fully saturated rings. The van der Waals surface area contributed by atoms with Crippen molar-refractivity contribution in [2.24, 2.45) is 0 Å². The molecule has 2 aromatic rings. The van der Waals surface area contributed by atoms with E-state index in [1.807, 2.05) is 13.0 Å². The van der Waals surface area contributed by atoms with E-state index in [1.165, 1.54) is 18.2 Å². The van der Waals surface area contributed by atoms with Gasteiger partial charge in [0.15, 0.2) is 0 Å². The molecule has 0 saturated heterocycles. The predicted octanol–water partition coefficient (Wildman–Crippen LogP) is 5.12. The monoisotopic (exact) mass is 353 g/mol. The van der Waals surface area contributed by atoms with Crippen molar-refractivity contribution in [2.45, 2.75) is 26.3 Å². The number of rotatable bonds is 5. The number of benzene rings is 2. The summed E-state index contributed by atoms with van der Waals surface area (Å²) < 4.78 is 27.5. The van der Waals surface area contributed by atoms with Crippen molar-refractivity contribution in [1.29, 1.82) is 0 Å². The third-order valence-corrected chi connectivity index (χ3v) is 3.88. The largest absolute Gasteiger partial charge is 0.306 e. The lowest BCUT2D eigenvalue weighted by atomic mass is 9.97. The second-order valence-electron chi connectivity index (χ2n) is 5.12. The minimum absolute atomic E-state index is 0.156. The van der Waals surface area contributed by atoms with Crippen LogP contribution in [0.25, 0.3) is 0 Å². The molecule has 4 heteroatoms. The SMILES string of the molecule is CCCNC(c1cc(C)cc(F)c1)c1ccc(F)c(Br)c1. The predicted molar refractivity (Wildman–Crippen MR) is 85.4 cm³/mol. The third kappa shape index (κ3) is 4.11. The lowest BCUT2D eigenvalue weighted by Gasteiger charge is -2.20. The van der Waals surface area contributed by atoms with Crippen molar-refractivity contribution in [2.75, 3.05) is 6.54 Å². The Bertz CT molecular complexity index is 608. The molecular weight excluding hydrogens is 336 g/mol. The van der Waals surface area contributed by atoms with Crippen molar-refractivity contribution < 1.29 is 8.78 Å². The number of nitrogens with one attached hydrogen (secondary N) is 1. The fourth-order valence-electron chi connectivity index (χ4n) is 2.34. The zero-order chi connectivity index (χ0) is 15.4. The molecule has 2 aromatic carbocycles. The first-order valence-corrected chi connectivity index (χ1v) is 7.76. The molecule has 0 aliphatic rings. The molecule has 1 nitrogen and oxygen atoms in total. The van der Waals surface area contributed by atoms with E-state index in [2.05, 4.69) is 28.2 Å². The van der Waals surface area contributed by atoms with Crippen molar-refractivity contribution in [3.05, 3.63) is 69.2 Å². The zero-order valence-electron chi connectivity index (χ0n) is 12.1. The quantitative estimate of drug-likeness (QED) is 0.785. The average molecular weight is 354 g/mol. The van der Waals surface area contributed by atoms with Crippen LogP contribution in [-0.4, -0.2) is 6.54 Å².